The van der Waals surface area contributed by atoms with Crippen LogP contribution in [0.15, 0.2) is 67.4 Å². The van der Waals surface area contributed by atoms with Crippen molar-refractivity contribution >= 4 is 5.91 Å². The average Bonchev–Trinajstić information content (AvgIpc) is 3.71. The van der Waals surface area contributed by atoms with Crippen LogP contribution in [0.25, 0.3) is 5.69 Å². The van der Waals surface area contributed by atoms with E-state index in [9.17, 15) is 4.79 Å². The van der Waals surface area contributed by atoms with Gasteiger partial charge < -0.3 is 14.8 Å². The highest BCUT2D eigenvalue weighted by atomic mass is 16.5. The summed E-state index contributed by atoms with van der Waals surface area (Å²) < 4.78 is 15.9. The van der Waals surface area contributed by atoms with Gasteiger partial charge in [-0.3, -0.25) is 14.2 Å². The first-order valence-electron chi connectivity index (χ1n) is 12.3. The third-order valence-corrected chi connectivity index (χ3v) is 6.16. The Balaban J connectivity index is 1.29. The molecular formula is C27H29N9O3. The van der Waals surface area contributed by atoms with Gasteiger partial charge in [-0.2, -0.15) is 10.2 Å². The molecule has 12 heteroatoms. The predicted octanol–water partition coefficient (Wildman–Crippen LogP) is 2.55. The van der Waals surface area contributed by atoms with Crippen LogP contribution < -0.4 is 10.1 Å². The SMILES string of the molecule is COCc1nn(Cc2ccc(Cn3cc(C)cn3)cc2)cc1C(=O)NCc1cc(OC)ccc1-n1cnnn1. The van der Waals surface area contributed by atoms with Crippen molar-refractivity contribution in [3.63, 3.8) is 0 Å². The summed E-state index contributed by atoms with van der Waals surface area (Å²) in [6.07, 6.45) is 7.11. The Bertz CT molecular complexity index is 1540. The third kappa shape index (κ3) is 6.18. The van der Waals surface area contributed by atoms with Crippen molar-refractivity contribution in [2.24, 2.45) is 0 Å². The number of ether oxygens (including phenoxy) is 2. The number of nitrogens with zero attached hydrogens (tertiary/aromatic N) is 8. The lowest BCUT2D eigenvalue weighted by Crippen LogP contribution is -2.24. The highest BCUT2D eigenvalue weighted by Gasteiger charge is 2.18. The molecule has 0 radical (unpaired) electrons. The molecule has 1 amide bonds. The summed E-state index contributed by atoms with van der Waals surface area (Å²) in [4.78, 5) is 13.2. The van der Waals surface area contributed by atoms with Crippen LogP contribution in [0.3, 0.4) is 0 Å². The second-order valence-electron chi connectivity index (χ2n) is 9.08. The molecule has 0 saturated carbocycles. The van der Waals surface area contributed by atoms with Crippen molar-refractivity contribution in [1.29, 1.82) is 0 Å². The topological polar surface area (TPSA) is 127 Å². The first-order chi connectivity index (χ1) is 19.0. The van der Waals surface area contributed by atoms with Gasteiger partial charge in [0.1, 0.15) is 17.8 Å². The van der Waals surface area contributed by atoms with E-state index in [2.05, 4.69) is 55.3 Å². The lowest BCUT2D eigenvalue weighted by molar-refractivity contribution is 0.0945. The second-order valence-corrected chi connectivity index (χ2v) is 9.08. The molecule has 5 aromatic rings. The maximum Gasteiger partial charge on any atom is 0.255 e. The zero-order valence-electron chi connectivity index (χ0n) is 22.0. The molecule has 5 rings (SSSR count). The highest BCUT2D eigenvalue weighted by molar-refractivity contribution is 5.95. The van der Waals surface area contributed by atoms with Crippen LogP contribution in [0, 0.1) is 6.92 Å². The number of nitrogens with one attached hydrogen (secondary N) is 1. The molecule has 0 aliphatic carbocycles. The van der Waals surface area contributed by atoms with Crippen molar-refractivity contribution in [2.45, 2.75) is 33.2 Å². The van der Waals surface area contributed by atoms with Gasteiger partial charge in [-0.25, -0.2) is 4.68 Å². The quantitative estimate of drug-likeness (QED) is 0.278. The maximum absolute atomic E-state index is 13.2. The van der Waals surface area contributed by atoms with Gasteiger partial charge in [-0.05, 0) is 52.2 Å². The Morgan fingerprint density at radius 3 is 2.41 bits per heavy atom. The van der Waals surface area contributed by atoms with Crippen molar-refractivity contribution in [1.82, 2.24) is 45.1 Å². The van der Waals surface area contributed by atoms with Crippen LogP contribution in [0.5, 0.6) is 5.75 Å². The Hall–Kier alpha value is -4.84. The van der Waals surface area contributed by atoms with Gasteiger partial charge in [-0.15, -0.1) is 5.10 Å². The van der Waals surface area contributed by atoms with Gasteiger partial charge in [0.15, 0.2) is 0 Å². The number of carbonyl (C=O) groups is 1. The molecule has 0 saturated heterocycles. The van der Waals surface area contributed by atoms with Gasteiger partial charge in [0, 0.05) is 31.6 Å². The Labute approximate surface area is 225 Å². The van der Waals surface area contributed by atoms with Crippen molar-refractivity contribution in [3.05, 3.63) is 101 Å². The molecule has 39 heavy (non-hydrogen) atoms. The molecule has 0 spiro atoms. The van der Waals surface area contributed by atoms with Crippen LogP contribution in [-0.4, -0.2) is 59.9 Å². The summed E-state index contributed by atoms with van der Waals surface area (Å²) in [6.45, 7) is 3.70. The van der Waals surface area contributed by atoms with Gasteiger partial charge in [0.25, 0.3) is 5.91 Å². The van der Waals surface area contributed by atoms with Crippen molar-refractivity contribution < 1.29 is 14.3 Å². The number of rotatable bonds is 11. The van der Waals surface area contributed by atoms with Crippen LogP contribution in [0.4, 0.5) is 0 Å². The minimum Gasteiger partial charge on any atom is -0.497 e. The standard InChI is InChI=1S/C27H29N9O3/c1-19-11-30-34(13-19)14-20-4-6-21(7-5-20)15-35-16-24(25(31-35)17-38-2)27(37)28-12-22-10-23(39-3)8-9-26(22)36-18-29-32-33-36/h4-11,13,16,18H,12,14-15,17H2,1-3H3,(H,28,37). The summed E-state index contributed by atoms with van der Waals surface area (Å²) in [5, 5.41) is 23.3. The highest BCUT2D eigenvalue weighted by Crippen LogP contribution is 2.21. The first kappa shape index (κ1) is 25.8. The summed E-state index contributed by atoms with van der Waals surface area (Å²) >= 11 is 0. The fourth-order valence-corrected chi connectivity index (χ4v) is 4.25. The zero-order chi connectivity index (χ0) is 27.2. The number of hydrogen-bond acceptors (Lipinski definition) is 8. The Kier molecular flexibility index (Phi) is 7.73. The zero-order valence-corrected chi connectivity index (χ0v) is 22.0. The van der Waals surface area contributed by atoms with Crippen molar-refractivity contribution in [2.75, 3.05) is 14.2 Å². The summed E-state index contributed by atoms with van der Waals surface area (Å²) in [6, 6.07) is 13.8. The largest absolute Gasteiger partial charge is 0.497 e. The Morgan fingerprint density at radius 2 is 1.77 bits per heavy atom. The van der Waals surface area contributed by atoms with E-state index in [1.54, 1.807) is 25.1 Å². The molecule has 0 atom stereocenters. The molecule has 2 aromatic carbocycles. The van der Waals surface area contributed by atoms with E-state index in [4.69, 9.17) is 9.47 Å². The minimum atomic E-state index is -0.261. The molecule has 12 nitrogen and oxygen atoms in total. The lowest BCUT2D eigenvalue weighted by atomic mass is 10.1. The van der Waals surface area contributed by atoms with Gasteiger partial charge >= 0.3 is 0 Å². The van der Waals surface area contributed by atoms with E-state index >= 15 is 0 Å². The normalized spacial score (nSPS) is 11.1. The van der Waals surface area contributed by atoms with Gasteiger partial charge in [0.05, 0.1) is 44.3 Å². The second kappa shape index (κ2) is 11.7. The van der Waals surface area contributed by atoms with E-state index in [1.165, 1.54) is 11.0 Å². The van der Waals surface area contributed by atoms with E-state index in [-0.39, 0.29) is 19.1 Å². The molecule has 3 aromatic heterocycles. The number of carbonyl (C=O) groups excluding carboxylic acids is 1. The monoisotopic (exact) mass is 527 g/mol. The third-order valence-electron chi connectivity index (χ3n) is 6.16. The fourth-order valence-electron chi connectivity index (χ4n) is 4.25. The van der Waals surface area contributed by atoms with E-state index in [0.29, 0.717) is 30.1 Å². The smallest absolute Gasteiger partial charge is 0.255 e. The summed E-state index contributed by atoms with van der Waals surface area (Å²) in [7, 11) is 3.17. The van der Waals surface area contributed by atoms with Gasteiger partial charge in [0.2, 0.25) is 0 Å². The number of tetrazole rings is 1. The number of aromatic nitrogens is 8. The first-order valence-corrected chi connectivity index (χ1v) is 12.3. The fraction of sp³-hybridized carbons (Fsp3) is 0.259. The minimum absolute atomic E-state index is 0.215. The molecule has 0 aliphatic rings. The molecule has 1 N–H and O–H groups in total. The molecule has 0 fully saturated rings. The molecule has 0 aliphatic heterocycles. The van der Waals surface area contributed by atoms with E-state index in [1.807, 2.05) is 42.2 Å². The lowest BCUT2D eigenvalue weighted by Gasteiger charge is -2.12. The van der Waals surface area contributed by atoms with Crippen molar-refractivity contribution in [3.8, 4) is 11.4 Å². The molecular weight excluding hydrogens is 498 g/mol. The van der Waals surface area contributed by atoms with Crippen LogP contribution >= 0.6 is 0 Å². The number of benzene rings is 2. The average molecular weight is 528 g/mol. The Morgan fingerprint density at radius 1 is 1.00 bits per heavy atom. The van der Waals surface area contributed by atoms with Crippen LogP contribution in [0.2, 0.25) is 0 Å². The molecule has 200 valence electrons. The summed E-state index contributed by atoms with van der Waals surface area (Å²) in [5.74, 6) is 0.401. The van der Waals surface area contributed by atoms with Crippen LogP contribution in [-0.2, 0) is 31.0 Å². The number of aryl methyl sites for hydroxylation is 1. The number of hydrogen-bond donors (Lipinski definition) is 1. The number of amides is 1. The van der Waals surface area contributed by atoms with Gasteiger partial charge in [-0.1, -0.05) is 24.3 Å². The molecule has 3 heterocycles. The number of methoxy groups -OCH3 is 2. The van der Waals surface area contributed by atoms with Crippen LogP contribution in [0.1, 0.15) is 38.3 Å². The van der Waals surface area contributed by atoms with E-state index < -0.39 is 0 Å². The maximum atomic E-state index is 13.2. The molecule has 0 bridgehead atoms. The summed E-state index contributed by atoms with van der Waals surface area (Å²) in [5.41, 5.74) is 5.90. The predicted molar refractivity (Wildman–Crippen MR) is 141 cm³/mol. The molecule has 0 unspecified atom stereocenters. The van der Waals surface area contributed by atoms with E-state index in [0.717, 1.165) is 27.9 Å².